The standard InChI is InChI=1S/C8H15NO3S.C2H6/c1-5(2)12-7(10)4-9-8(11)6(3)13;1-2/h5-6,13H,4H2,1-3H3,(H,9,11);1-2H3. The van der Waals surface area contributed by atoms with Crippen LogP contribution in [-0.4, -0.2) is 29.8 Å². The van der Waals surface area contributed by atoms with Gasteiger partial charge in [0.05, 0.1) is 11.4 Å². The summed E-state index contributed by atoms with van der Waals surface area (Å²) in [5.41, 5.74) is 0. The minimum absolute atomic E-state index is 0.0953. The van der Waals surface area contributed by atoms with Crippen LogP contribution >= 0.6 is 12.6 Å². The minimum Gasteiger partial charge on any atom is -0.462 e. The van der Waals surface area contributed by atoms with E-state index in [4.69, 9.17) is 4.74 Å². The molecule has 0 aliphatic rings. The lowest BCUT2D eigenvalue weighted by molar-refractivity contribution is -0.147. The Morgan fingerprint density at radius 2 is 1.73 bits per heavy atom. The molecule has 0 aromatic heterocycles. The van der Waals surface area contributed by atoms with Crippen molar-refractivity contribution < 1.29 is 14.3 Å². The maximum atomic E-state index is 10.9. The second-order valence-corrected chi connectivity index (χ2v) is 3.71. The van der Waals surface area contributed by atoms with Gasteiger partial charge in [-0.25, -0.2) is 0 Å². The number of ether oxygens (including phenoxy) is 1. The lowest BCUT2D eigenvalue weighted by atomic mass is 10.4. The molecule has 0 fully saturated rings. The first-order chi connectivity index (χ1) is 6.93. The first-order valence-corrected chi connectivity index (χ1v) is 5.60. The third kappa shape index (κ3) is 11.2. The molecule has 0 aromatic carbocycles. The Kier molecular flexibility index (Phi) is 11.0. The Labute approximate surface area is 97.2 Å². The first-order valence-electron chi connectivity index (χ1n) is 5.08. The van der Waals surface area contributed by atoms with Gasteiger partial charge < -0.3 is 10.1 Å². The van der Waals surface area contributed by atoms with Gasteiger partial charge in [-0.05, 0) is 20.8 Å². The summed E-state index contributed by atoms with van der Waals surface area (Å²) in [7, 11) is 0. The number of hydrogen-bond donors (Lipinski definition) is 2. The maximum absolute atomic E-state index is 10.9. The molecule has 0 aliphatic heterocycles. The summed E-state index contributed by atoms with van der Waals surface area (Å²) < 4.78 is 4.80. The molecule has 1 atom stereocenters. The Hall–Kier alpha value is -0.710. The fourth-order valence-corrected chi connectivity index (χ4v) is 0.703. The predicted molar refractivity (Wildman–Crippen MR) is 64.0 cm³/mol. The highest BCUT2D eigenvalue weighted by molar-refractivity contribution is 7.81. The van der Waals surface area contributed by atoms with E-state index in [1.54, 1.807) is 20.8 Å². The van der Waals surface area contributed by atoms with Crippen molar-refractivity contribution in [3.8, 4) is 0 Å². The van der Waals surface area contributed by atoms with Crippen LogP contribution in [0.5, 0.6) is 0 Å². The number of esters is 1. The first kappa shape index (κ1) is 16.7. The van der Waals surface area contributed by atoms with Gasteiger partial charge in [-0.2, -0.15) is 12.6 Å². The molecular weight excluding hydrogens is 214 g/mol. The highest BCUT2D eigenvalue weighted by Gasteiger charge is 2.10. The zero-order valence-electron chi connectivity index (χ0n) is 10.0. The van der Waals surface area contributed by atoms with E-state index in [2.05, 4.69) is 17.9 Å². The fraction of sp³-hybridized carbons (Fsp3) is 0.800. The van der Waals surface area contributed by atoms with Crippen LogP contribution in [-0.2, 0) is 14.3 Å². The van der Waals surface area contributed by atoms with E-state index in [9.17, 15) is 9.59 Å². The normalized spacial score (nSPS) is 11.1. The SMILES string of the molecule is CC.CC(C)OC(=O)CNC(=O)C(C)S. The molecule has 0 bridgehead atoms. The fourth-order valence-electron chi connectivity index (χ4n) is 0.612. The summed E-state index contributed by atoms with van der Waals surface area (Å²) in [6, 6.07) is 0. The maximum Gasteiger partial charge on any atom is 0.325 e. The van der Waals surface area contributed by atoms with Crippen LogP contribution in [0.2, 0.25) is 0 Å². The molecule has 0 heterocycles. The number of amides is 1. The van der Waals surface area contributed by atoms with Gasteiger partial charge in [0.25, 0.3) is 0 Å². The van der Waals surface area contributed by atoms with Crippen molar-refractivity contribution in [2.45, 2.75) is 46.0 Å². The molecule has 1 N–H and O–H groups in total. The van der Waals surface area contributed by atoms with Gasteiger partial charge in [0.15, 0.2) is 0 Å². The monoisotopic (exact) mass is 235 g/mol. The minimum atomic E-state index is -0.433. The molecule has 0 radical (unpaired) electrons. The van der Waals surface area contributed by atoms with Crippen molar-refractivity contribution in [1.82, 2.24) is 5.32 Å². The zero-order chi connectivity index (χ0) is 12.4. The summed E-state index contributed by atoms with van der Waals surface area (Å²) >= 11 is 3.90. The van der Waals surface area contributed by atoms with Crippen LogP contribution in [0.15, 0.2) is 0 Å². The average molecular weight is 235 g/mol. The van der Waals surface area contributed by atoms with Crippen molar-refractivity contribution in [3.05, 3.63) is 0 Å². The number of carbonyl (C=O) groups is 2. The van der Waals surface area contributed by atoms with Crippen LogP contribution in [0, 0.1) is 0 Å². The molecular formula is C10H21NO3S. The number of carbonyl (C=O) groups excluding carboxylic acids is 2. The van der Waals surface area contributed by atoms with Crippen molar-refractivity contribution in [1.29, 1.82) is 0 Å². The van der Waals surface area contributed by atoms with Crippen LogP contribution < -0.4 is 5.32 Å². The van der Waals surface area contributed by atoms with Gasteiger partial charge in [0.2, 0.25) is 5.91 Å². The number of hydrogen-bond acceptors (Lipinski definition) is 4. The predicted octanol–water partition coefficient (Wildman–Crippen LogP) is 1.40. The molecule has 0 rings (SSSR count). The van der Waals surface area contributed by atoms with Gasteiger partial charge >= 0.3 is 5.97 Å². The highest BCUT2D eigenvalue weighted by Crippen LogP contribution is 1.92. The van der Waals surface area contributed by atoms with Gasteiger partial charge in [0, 0.05) is 0 Å². The van der Waals surface area contributed by atoms with Crippen LogP contribution in [0.1, 0.15) is 34.6 Å². The topological polar surface area (TPSA) is 55.4 Å². The van der Waals surface area contributed by atoms with Crippen molar-refractivity contribution in [2.75, 3.05) is 6.54 Å². The van der Waals surface area contributed by atoms with Crippen LogP contribution in [0.3, 0.4) is 0 Å². The van der Waals surface area contributed by atoms with Gasteiger partial charge in [-0.15, -0.1) is 0 Å². The quantitative estimate of drug-likeness (QED) is 0.572. The van der Waals surface area contributed by atoms with Crippen LogP contribution in [0.4, 0.5) is 0 Å². The molecule has 1 amide bonds. The van der Waals surface area contributed by atoms with Gasteiger partial charge in [-0.1, -0.05) is 13.8 Å². The van der Waals surface area contributed by atoms with E-state index in [0.717, 1.165) is 0 Å². The molecule has 5 heteroatoms. The van der Waals surface area contributed by atoms with Gasteiger partial charge in [0.1, 0.15) is 6.54 Å². The average Bonchev–Trinajstić information content (AvgIpc) is 2.16. The Bertz CT molecular complexity index is 193. The molecule has 0 spiro atoms. The molecule has 1 unspecified atom stereocenters. The Balaban J connectivity index is 0. The van der Waals surface area contributed by atoms with E-state index >= 15 is 0 Å². The molecule has 0 aromatic rings. The lowest BCUT2D eigenvalue weighted by Gasteiger charge is -2.09. The molecule has 0 saturated carbocycles. The summed E-state index contributed by atoms with van der Waals surface area (Å²) in [6.07, 6.45) is -0.155. The highest BCUT2D eigenvalue weighted by atomic mass is 32.1. The Morgan fingerprint density at radius 1 is 1.27 bits per heavy atom. The number of thiol groups is 1. The lowest BCUT2D eigenvalue weighted by Crippen LogP contribution is -2.35. The molecule has 15 heavy (non-hydrogen) atoms. The van der Waals surface area contributed by atoms with E-state index in [-0.39, 0.29) is 18.6 Å². The molecule has 0 aliphatic carbocycles. The van der Waals surface area contributed by atoms with E-state index < -0.39 is 11.2 Å². The van der Waals surface area contributed by atoms with Crippen molar-refractivity contribution in [3.63, 3.8) is 0 Å². The summed E-state index contributed by atoms with van der Waals surface area (Å²) in [4.78, 5) is 21.9. The number of nitrogens with one attached hydrogen (secondary N) is 1. The second kappa shape index (κ2) is 9.83. The third-order valence-electron chi connectivity index (χ3n) is 1.15. The largest absolute Gasteiger partial charge is 0.462 e. The summed E-state index contributed by atoms with van der Waals surface area (Å²) in [5.74, 6) is -0.707. The zero-order valence-corrected chi connectivity index (χ0v) is 10.9. The third-order valence-corrected chi connectivity index (χ3v) is 1.39. The van der Waals surface area contributed by atoms with Crippen molar-refractivity contribution >= 4 is 24.5 Å². The van der Waals surface area contributed by atoms with E-state index in [1.165, 1.54) is 0 Å². The second-order valence-electron chi connectivity index (χ2n) is 2.93. The smallest absolute Gasteiger partial charge is 0.325 e. The molecule has 0 saturated heterocycles. The van der Waals surface area contributed by atoms with Crippen LogP contribution in [0.25, 0.3) is 0 Å². The Morgan fingerprint density at radius 3 is 2.07 bits per heavy atom. The number of rotatable bonds is 4. The summed E-state index contributed by atoms with van der Waals surface area (Å²) in [6.45, 7) is 9.04. The summed E-state index contributed by atoms with van der Waals surface area (Å²) in [5, 5.41) is 1.99. The van der Waals surface area contributed by atoms with Gasteiger partial charge in [-0.3, -0.25) is 9.59 Å². The molecule has 4 nitrogen and oxygen atoms in total. The molecule has 90 valence electrons. The van der Waals surface area contributed by atoms with E-state index in [0.29, 0.717) is 0 Å². The van der Waals surface area contributed by atoms with Crippen molar-refractivity contribution in [2.24, 2.45) is 0 Å². The van der Waals surface area contributed by atoms with E-state index in [1.807, 2.05) is 13.8 Å².